The van der Waals surface area contributed by atoms with Crippen molar-refractivity contribution in [2.24, 2.45) is 5.73 Å². The van der Waals surface area contributed by atoms with Gasteiger partial charge in [-0.3, -0.25) is 0 Å². The summed E-state index contributed by atoms with van der Waals surface area (Å²) in [7, 11) is -3.60. The van der Waals surface area contributed by atoms with Crippen LogP contribution in [-0.4, -0.2) is 27.3 Å². The topological polar surface area (TPSA) is 90.7 Å². The van der Waals surface area contributed by atoms with Crippen LogP contribution in [-0.2, 0) is 10.0 Å². The Labute approximate surface area is 119 Å². The predicted octanol–water partition coefficient (Wildman–Crippen LogP) is 1.21. The minimum Gasteiger partial charge on any atom is -0.454 e. The highest BCUT2D eigenvalue weighted by Crippen LogP contribution is 2.33. The number of rotatable bonds is 6. The van der Waals surface area contributed by atoms with Crippen LogP contribution in [0.3, 0.4) is 0 Å². The van der Waals surface area contributed by atoms with Crippen molar-refractivity contribution in [1.82, 2.24) is 4.72 Å². The molecule has 0 spiro atoms. The Hall–Kier alpha value is -1.31. The first kappa shape index (κ1) is 15.1. The quantitative estimate of drug-likeness (QED) is 0.824. The van der Waals surface area contributed by atoms with Crippen LogP contribution in [0.2, 0.25) is 0 Å². The van der Waals surface area contributed by atoms with Gasteiger partial charge in [0.1, 0.15) is 0 Å². The number of hydrogen-bond acceptors (Lipinski definition) is 5. The van der Waals surface area contributed by atoms with E-state index in [1.165, 1.54) is 12.1 Å². The highest BCUT2D eigenvalue weighted by molar-refractivity contribution is 7.89. The smallest absolute Gasteiger partial charge is 0.240 e. The van der Waals surface area contributed by atoms with Crippen molar-refractivity contribution in [3.63, 3.8) is 0 Å². The van der Waals surface area contributed by atoms with E-state index in [4.69, 9.17) is 15.2 Å². The molecule has 0 amide bonds. The number of nitrogens with one attached hydrogen (secondary N) is 1. The third kappa shape index (κ3) is 3.05. The minimum atomic E-state index is -3.60. The molecule has 0 radical (unpaired) electrons. The summed E-state index contributed by atoms with van der Waals surface area (Å²) in [6.45, 7) is 4.21. The van der Waals surface area contributed by atoms with E-state index in [0.717, 1.165) is 0 Å². The molecule has 112 valence electrons. The van der Waals surface area contributed by atoms with Crippen LogP contribution in [0.1, 0.15) is 26.7 Å². The zero-order valence-corrected chi connectivity index (χ0v) is 12.5. The van der Waals surface area contributed by atoms with Crippen LogP contribution < -0.4 is 19.9 Å². The Morgan fingerprint density at radius 1 is 1.25 bits per heavy atom. The zero-order chi connectivity index (χ0) is 14.8. The van der Waals surface area contributed by atoms with E-state index in [0.29, 0.717) is 24.3 Å². The van der Waals surface area contributed by atoms with Crippen LogP contribution in [0.5, 0.6) is 11.5 Å². The average molecular weight is 300 g/mol. The highest BCUT2D eigenvalue weighted by Gasteiger charge is 2.25. The molecule has 1 heterocycles. The van der Waals surface area contributed by atoms with Crippen molar-refractivity contribution in [1.29, 1.82) is 0 Å². The average Bonchev–Trinajstić information content (AvgIpc) is 2.92. The number of ether oxygens (including phenoxy) is 2. The number of fused-ring (bicyclic) bond motifs is 1. The summed E-state index contributed by atoms with van der Waals surface area (Å²) in [5.74, 6) is 0.997. The van der Waals surface area contributed by atoms with Gasteiger partial charge in [-0.15, -0.1) is 0 Å². The molecule has 2 rings (SSSR count). The van der Waals surface area contributed by atoms with Crippen molar-refractivity contribution in [3.05, 3.63) is 18.2 Å². The molecule has 0 bridgehead atoms. The molecule has 20 heavy (non-hydrogen) atoms. The Morgan fingerprint density at radius 2 is 1.90 bits per heavy atom. The molecule has 0 saturated heterocycles. The van der Waals surface area contributed by atoms with Crippen LogP contribution in [0, 0.1) is 0 Å². The first-order chi connectivity index (χ1) is 9.40. The van der Waals surface area contributed by atoms with Gasteiger partial charge >= 0.3 is 0 Å². The fourth-order valence-corrected chi connectivity index (χ4v) is 3.02. The maximum absolute atomic E-state index is 12.2. The standard InChI is InChI=1S/C13H20N2O4S/c1-3-13(14,4-2)8-15-20(16,17)10-5-6-11-12(7-10)19-9-18-11/h5-7,15H,3-4,8-9,14H2,1-2H3. The van der Waals surface area contributed by atoms with Gasteiger partial charge in [-0.1, -0.05) is 13.8 Å². The second-order valence-electron chi connectivity index (χ2n) is 4.91. The maximum atomic E-state index is 12.2. The second-order valence-corrected chi connectivity index (χ2v) is 6.68. The van der Waals surface area contributed by atoms with Gasteiger partial charge in [0.15, 0.2) is 11.5 Å². The Bertz CT molecular complexity index is 582. The molecule has 7 heteroatoms. The van der Waals surface area contributed by atoms with E-state index >= 15 is 0 Å². The van der Waals surface area contributed by atoms with Gasteiger partial charge in [0.2, 0.25) is 16.8 Å². The van der Waals surface area contributed by atoms with Gasteiger partial charge in [0.05, 0.1) is 4.90 Å². The molecular formula is C13H20N2O4S. The summed E-state index contributed by atoms with van der Waals surface area (Å²) in [4.78, 5) is 0.149. The lowest BCUT2D eigenvalue weighted by Gasteiger charge is -2.26. The first-order valence-electron chi connectivity index (χ1n) is 6.58. The van der Waals surface area contributed by atoms with Gasteiger partial charge in [-0.05, 0) is 25.0 Å². The Morgan fingerprint density at radius 3 is 2.55 bits per heavy atom. The normalized spacial score (nSPS) is 14.6. The van der Waals surface area contributed by atoms with E-state index in [-0.39, 0.29) is 18.2 Å². The monoisotopic (exact) mass is 300 g/mol. The number of benzene rings is 1. The highest BCUT2D eigenvalue weighted by atomic mass is 32.2. The molecule has 0 unspecified atom stereocenters. The Balaban J connectivity index is 2.15. The van der Waals surface area contributed by atoms with E-state index in [9.17, 15) is 8.42 Å². The fraction of sp³-hybridized carbons (Fsp3) is 0.538. The largest absolute Gasteiger partial charge is 0.454 e. The lowest BCUT2D eigenvalue weighted by Crippen LogP contribution is -2.49. The van der Waals surface area contributed by atoms with Crippen molar-refractivity contribution in [3.8, 4) is 11.5 Å². The fourth-order valence-electron chi connectivity index (χ4n) is 1.87. The van der Waals surface area contributed by atoms with E-state index in [2.05, 4.69) is 4.72 Å². The van der Waals surface area contributed by atoms with Gasteiger partial charge in [0.25, 0.3) is 0 Å². The van der Waals surface area contributed by atoms with Gasteiger partial charge in [0, 0.05) is 18.2 Å². The lowest BCUT2D eigenvalue weighted by molar-refractivity contribution is 0.174. The van der Waals surface area contributed by atoms with Gasteiger partial charge in [-0.2, -0.15) is 0 Å². The number of hydrogen-bond donors (Lipinski definition) is 2. The Kier molecular flexibility index (Phi) is 4.22. The van der Waals surface area contributed by atoms with Gasteiger partial charge < -0.3 is 15.2 Å². The molecule has 0 atom stereocenters. The lowest BCUT2D eigenvalue weighted by atomic mass is 9.95. The van der Waals surface area contributed by atoms with Crippen molar-refractivity contribution in [2.45, 2.75) is 37.1 Å². The molecule has 1 aromatic carbocycles. The van der Waals surface area contributed by atoms with E-state index in [1.807, 2.05) is 13.8 Å². The van der Waals surface area contributed by atoms with E-state index < -0.39 is 15.6 Å². The molecule has 1 aliphatic heterocycles. The molecular weight excluding hydrogens is 280 g/mol. The van der Waals surface area contributed by atoms with Crippen LogP contribution in [0.25, 0.3) is 0 Å². The van der Waals surface area contributed by atoms with Crippen LogP contribution in [0.4, 0.5) is 0 Å². The molecule has 0 saturated carbocycles. The molecule has 3 N–H and O–H groups in total. The van der Waals surface area contributed by atoms with E-state index in [1.54, 1.807) is 6.07 Å². The summed E-state index contributed by atoms with van der Waals surface area (Å²) >= 11 is 0. The number of nitrogens with two attached hydrogens (primary N) is 1. The minimum absolute atomic E-state index is 0.115. The third-order valence-corrected chi connectivity index (χ3v) is 5.08. The van der Waals surface area contributed by atoms with Crippen molar-refractivity contribution >= 4 is 10.0 Å². The summed E-state index contributed by atoms with van der Waals surface area (Å²) in [5.41, 5.74) is 5.58. The summed E-state index contributed by atoms with van der Waals surface area (Å²) in [6, 6.07) is 4.54. The summed E-state index contributed by atoms with van der Waals surface area (Å²) in [6.07, 6.45) is 1.40. The third-order valence-electron chi connectivity index (χ3n) is 3.68. The number of sulfonamides is 1. The van der Waals surface area contributed by atoms with Gasteiger partial charge in [-0.25, -0.2) is 13.1 Å². The molecule has 1 aromatic rings. The van der Waals surface area contributed by atoms with Crippen molar-refractivity contribution < 1.29 is 17.9 Å². The first-order valence-corrected chi connectivity index (χ1v) is 8.07. The molecule has 0 aliphatic carbocycles. The zero-order valence-electron chi connectivity index (χ0n) is 11.7. The maximum Gasteiger partial charge on any atom is 0.240 e. The van der Waals surface area contributed by atoms with Crippen molar-refractivity contribution in [2.75, 3.05) is 13.3 Å². The summed E-state index contributed by atoms with van der Waals surface area (Å²) < 4.78 is 37.4. The predicted molar refractivity (Wildman–Crippen MR) is 75.3 cm³/mol. The van der Waals surface area contributed by atoms with Crippen LogP contribution >= 0.6 is 0 Å². The van der Waals surface area contributed by atoms with Crippen LogP contribution in [0.15, 0.2) is 23.1 Å². The molecule has 0 fully saturated rings. The summed E-state index contributed by atoms with van der Waals surface area (Å²) in [5, 5.41) is 0. The molecule has 1 aliphatic rings. The SMILES string of the molecule is CCC(N)(CC)CNS(=O)(=O)c1ccc2c(c1)OCO2. The molecule has 6 nitrogen and oxygen atoms in total. The molecule has 0 aromatic heterocycles. The second kappa shape index (κ2) is 5.59.